The molecule has 0 N–H and O–H groups in total. The lowest BCUT2D eigenvalue weighted by atomic mass is 10.1. The lowest BCUT2D eigenvalue weighted by molar-refractivity contribution is -0.135. The van der Waals surface area contributed by atoms with Gasteiger partial charge in [0.05, 0.1) is 24.7 Å². The van der Waals surface area contributed by atoms with Crippen molar-refractivity contribution in [2.75, 3.05) is 32.7 Å². The van der Waals surface area contributed by atoms with E-state index in [1.54, 1.807) is 6.20 Å². The third kappa shape index (κ3) is 4.65. The van der Waals surface area contributed by atoms with Crippen LogP contribution in [0.15, 0.2) is 48.7 Å². The number of rotatable bonds is 5. The molecule has 0 radical (unpaired) electrons. The van der Waals surface area contributed by atoms with E-state index in [9.17, 15) is 9.59 Å². The Morgan fingerprint density at radius 2 is 1.79 bits per heavy atom. The van der Waals surface area contributed by atoms with E-state index >= 15 is 0 Å². The Bertz CT molecular complexity index is 845. The van der Waals surface area contributed by atoms with Crippen LogP contribution in [0, 0.1) is 6.92 Å². The summed E-state index contributed by atoms with van der Waals surface area (Å²) >= 11 is 0. The summed E-state index contributed by atoms with van der Waals surface area (Å²) in [5, 5.41) is 0. The third-order valence-corrected chi connectivity index (χ3v) is 5.93. The summed E-state index contributed by atoms with van der Waals surface area (Å²) in [5.41, 5.74) is 3.18. The number of nitrogens with zero attached hydrogens (tertiary/aromatic N) is 4. The van der Waals surface area contributed by atoms with E-state index in [-0.39, 0.29) is 17.9 Å². The second-order valence-electron chi connectivity index (χ2n) is 7.96. The fourth-order valence-corrected chi connectivity index (χ4v) is 4.18. The van der Waals surface area contributed by atoms with Gasteiger partial charge in [-0.15, -0.1) is 0 Å². The van der Waals surface area contributed by atoms with Gasteiger partial charge in [0.15, 0.2) is 0 Å². The van der Waals surface area contributed by atoms with Gasteiger partial charge in [-0.05, 0) is 31.0 Å². The normalized spacial score (nSPS) is 20.3. The number of amides is 2. The topological polar surface area (TPSA) is 56.8 Å². The molecule has 0 saturated carbocycles. The molecule has 1 aromatic heterocycles. The minimum atomic E-state index is -0.0620. The van der Waals surface area contributed by atoms with Crippen molar-refractivity contribution in [1.29, 1.82) is 0 Å². The van der Waals surface area contributed by atoms with Crippen molar-refractivity contribution in [2.24, 2.45) is 0 Å². The first kappa shape index (κ1) is 19.6. The molecule has 2 saturated heterocycles. The number of piperazine rings is 1. The van der Waals surface area contributed by atoms with Crippen LogP contribution in [0.5, 0.6) is 0 Å². The van der Waals surface area contributed by atoms with E-state index < -0.39 is 0 Å². The van der Waals surface area contributed by atoms with E-state index in [2.05, 4.69) is 9.88 Å². The molecule has 2 fully saturated rings. The second kappa shape index (κ2) is 8.74. The molecule has 2 amide bonds. The monoisotopic (exact) mass is 392 g/mol. The van der Waals surface area contributed by atoms with Gasteiger partial charge < -0.3 is 9.80 Å². The number of pyridine rings is 1. The summed E-state index contributed by atoms with van der Waals surface area (Å²) in [4.78, 5) is 35.9. The number of aryl methyl sites for hydroxylation is 1. The lowest BCUT2D eigenvalue weighted by Crippen LogP contribution is -2.54. The first-order valence-corrected chi connectivity index (χ1v) is 10.4. The predicted molar refractivity (Wildman–Crippen MR) is 111 cm³/mol. The van der Waals surface area contributed by atoms with Gasteiger partial charge >= 0.3 is 0 Å². The van der Waals surface area contributed by atoms with Crippen LogP contribution in [0.1, 0.15) is 23.2 Å². The van der Waals surface area contributed by atoms with Crippen molar-refractivity contribution in [3.8, 4) is 0 Å². The maximum absolute atomic E-state index is 12.9. The van der Waals surface area contributed by atoms with E-state index in [4.69, 9.17) is 0 Å². The van der Waals surface area contributed by atoms with Gasteiger partial charge in [0.1, 0.15) is 0 Å². The van der Waals surface area contributed by atoms with E-state index in [1.165, 1.54) is 5.56 Å². The zero-order chi connectivity index (χ0) is 20.2. The molecule has 2 aromatic rings. The molecule has 152 valence electrons. The first-order chi connectivity index (χ1) is 14.1. The van der Waals surface area contributed by atoms with Gasteiger partial charge in [-0.3, -0.25) is 19.5 Å². The number of carbonyl (C=O) groups is 2. The van der Waals surface area contributed by atoms with Crippen LogP contribution in [0.2, 0.25) is 0 Å². The Morgan fingerprint density at radius 1 is 1.03 bits per heavy atom. The molecule has 2 aliphatic rings. The number of aromatic nitrogens is 1. The van der Waals surface area contributed by atoms with Crippen LogP contribution in [-0.2, 0) is 22.6 Å². The molecule has 29 heavy (non-hydrogen) atoms. The van der Waals surface area contributed by atoms with Gasteiger partial charge in [0, 0.05) is 38.9 Å². The van der Waals surface area contributed by atoms with E-state index in [0.29, 0.717) is 26.1 Å². The minimum Gasteiger partial charge on any atom is -0.340 e. The fourth-order valence-electron chi connectivity index (χ4n) is 4.18. The van der Waals surface area contributed by atoms with Crippen molar-refractivity contribution in [1.82, 2.24) is 19.7 Å². The van der Waals surface area contributed by atoms with Gasteiger partial charge in [0.2, 0.25) is 11.8 Å². The van der Waals surface area contributed by atoms with Gasteiger partial charge in [-0.2, -0.15) is 0 Å². The van der Waals surface area contributed by atoms with Crippen LogP contribution in [0.25, 0.3) is 0 Å². The van der Waals surface area contributed by atoms with E-state index in [1.807, 2.05) is 59.2 Å². The van der Waals surface area contributed by atoms with Crippen molar-refractivity contribution in [3.63, 3.8) is 0 Å². The average Bonchev–Trinajstić information content (AvgIpc) is 3.11. The molecule has 1 aromatic carbocycles. The van der Waals surface area contributed by atoms with Gasteiger partial charge in [-0.1, -0.05) is 35.9 Å². The van der Waals surface area contributed by atoms with Gasteiger partial charge in [0.25, 0.3) is 0 Å². The van der Waals surface area contributed by atoms with Gasteiger partial charge in [-0.25, -0.2) is 0 Å². The summed E-state index contributed by atoms with van der Waals surface area (Å²) in [6, 6.07) is 13.9. The molecule has 1 unspecified atom stereocenters. The average molecular weight is 393 g/mol. The third-order valence-electron chi connectivity index (χ3n) is 5.93. The second-order valence-corrected chi connectivity index (χ2v) is 7.96. The lowest BCUT2D eigenvalue weighted by Gasteiger charge is -2.37. The standard InChI is InChI=1S/C23H28N4O2/c1-18-5-7-19(8-6-18)16-22(28)26-14-12-25(13-15-26)21-9-11-27(23(21)29)17-20-4-2-3-10-24-20/h2-8,10,21H,9,11-17H2,1H3. The highest BCUT2D eigenvalue weighted by molar-refractivity contribution is 5.84. The first-order valence-electron chi connectivity index (χ1n) is 10.4. The number of hydrogen-bond acceptors (Lipinski definition) is 4. The number of carbonyl (C=O) groups excluding carboxylic acids is 2. The number of benzene rings is 1. The summed E-state index contributed by atoms with van der Waals surface area (Å²) < 4.78 is 0. The molecule has 3 heterocycles. The molecule has 6 nitrogen and oxygen atoms in total. The maximum Gasteiger partial charge on any atom is 0.240 e. The number of hydrogen-bond donors (Lipinski definition) is 0. The van der Waals surface area contributed by atoms with Crippen LogP contribution in [-0.4, -0.2) is 70.3 Å². The summed E-state index contributed by atoms with van der Waals surface area (Å²) in [5.74, 6) is 0.359. The quantitative estimate of drug-likeness (QED) is 0.780. The molecular weight excluding hydrogens is 364 g/mol. The summed E-state index contributed by atoms with van der Waals surface area (Å²) in [6.45, 7) is 6.29. The van der Waals surface area contributed by atoms with Crippen LogP contribution < -0.4 is 0 Å². The zero-order valence-corrected chi connectivity index (χ0v) is 17.0. The maximum atomic E-state index is 12.9. The Labute approximate surface area is 172 Å². The molecular formula is C23H28N4O2. The summed E-state index contributed by atoms with van der Waals surface area (Å²) in [6.07, 6.45) is 3.06. The smallest absolute Gasteiger partial charge is 0.240 e. The largest absolute Gasteiger partial charge is 0.340 e. The van der Waals surface area contributed by atoms with Crippen molar-refractivity contribution in [3.05, 3.63) is 65.5 Å². The Hall–Kier alpha value is -2.73. The minimum absolute atomic E-state index is 0.0620. The highest BCUT2D eigenvalue weighted by Gasteiger charge is 2.37. The fraction of sp³-hybridized carbons (Fsp3) is 0.435. The molecule has 4 rings (SSSR count). The molecule has 0 aliphatic carbocycles. The molecule has 1 atom stereocenters. The molecule has 0 bridgehead atoms. The highest BCUT2D eigenvalue weighted by Crippen LogP contribution is 2.21. The highest BCUT2D eigenvalue weighted by atomic mass is 16.2. The van der Waals surface area contributed by atoms with Crippen LogP contribution in [0.3, 0.4) is 0 Å². The summed E-state index contributed by atoms with van der Waals surface area (Å²) in [7, 11) is 0. The molecule has 2 aliphatic heterocycles. The SMILES string of the molecule is Cc1ccc(CC(=O)N2CCN(C3CCN(Cc4ccccn4)C3=O)CC2)cc1. The van der Waals surface area contributed by atoms with Crippen molar-refractivity contribution in [2.45, 2.75) is 32.4 Å². The Balaban J connectivity index is 1.27. The molecule has 0 spiro atoms. The predicted octanol–water partition coefficient (Wildman–Crippen LogP) is 1.88. The van der Waals surface area contributed by atoms with Crippen molar-refractivity contribution < 1.29 is 9.59 Å². The van der Waals surface area contributed by atoms with Crippen LogP contribution >= 0.6 is 0 Å². The van der Waals surface area contributed by atoms with Crippen LogP contribution in [0.4, 0.5) is 0 Å². The van der Waals surface area contributed by atoms with E-state index in [0.717, 1.165) is 37.3 Å². The molecule has 6 heteroatoms. The Kier molecular flexibility index (Phi) is 5.90. The Morgan fingerprint density at radius 3 is 2.48 bits per heavy atom. The zero-order valence-electron chi connectivity index (χ0n) is 17.0. The number of likely N-dealkylation sites (tertiary alicyclic amines) is 1. The van der Waals surface area contributed by atoms with Crippen molar-refractivity contribution >= 4 is 11.8 Å².